The Hall–Kier alpha value is -2.54. The van der Waals surface area contributed by atoms with Crippen molar-refractivity contribution in [3.8, 4) is 11.4 Å². The molecule has 27 heavy (non-hydrogen) atoms. The number of aromatic nitrogens is 2. The summed E-state index contributed by atoms with van der Waals surface area (Å²) in [5.74, 6) is -0.338. The molecule has 5 nitrogen and oxygen atoms in total. The summed E-state index contributed by atoms with van der Waals surface area (Å²) in [6.07, 6.45) is 0. The van der Waals surface area contributed by atoms with E-state index in [0.717, 1.165) is 16.7 Å². The fraction of sp³-hybridized carbons (Fsp3) is 0.300. The van der Waals surface area contributed by atoms with Crippen LogP contribution in [0, 0.1) is 26.6 Å². The Morgan fingerprint density at radius 3 is 2.37 bits per heavy atom. The molecule has 142 valence electrons. The molecule has 0 bridgehead atoms. The van der Waals surface area contributed by atoms with Crippen LogP contribution >= 0.6 is 0 Å². The third kappa shape index (κ3) is 4.24. The zero-order valence-electron chi connectivity index (χ0n) is 15.7. The smallest absolute Gasteiger partial charge is 0.245 e. The molecule has 0 N–H and O–H groups in total. The van der Waals surface area contributed by atoms with Crippen molar-refractivity contribution in [3.63, 3.8) is 0 Å². The molecule has 0 amide bonds. The van der Waals surface area contributed by atoms with Crippen LogP contribution in [0.2, 0.25) is 0 Å². The van der Waals surface area contributed by atoms with Crippen molar-refractivity contribution in [1.29, 1.82) is 0 Å². The Bertz CT molecular complexity index is 1070. The van der Waals surface area contributed by atoms with Crippen LogP contribution in [0.4, 0.5) is 4.39 Å². The highest BCUT2D eigenvalue weighted by atomic mass is 32.2. The molecule has 0 saturated carbocycles. The zero-order chi connectivity index (χ0) is 19.8. The predicted octanol–water partition coefficient (Wildman–Crippen LogP) is 4.48. The number of benzene rings is 2. The van der Waals surface area contributed by atoms with Crippen LogP contribution in [-0.2, 0) is 15.6 Å². The van der Waals surface area contributed by atoms with Gasteiger partial charge in [-0.25, -0.2) is 12.8 Å². The molecule has 2 aromatic carbocycles. The summed E-state index contributed by atoms with van der Waals surface area (Å²) in [6, 6.07) is 10.3. The summed E-state index contributed by atoms with van der Waals surface area (Å²) in [4.78, 5) is 4.17. The Balaban J connectivity index is 1.85. The first kappa shape index (κ1) is 19.2. The van der Waals surface area contributed by atoms with E-state index in [-0.39, 0.29) is 23.3 Å². The van der Waals surface area contributed by atoms with E-state index < -0.39 is 15.1 Å². The highest BCUT2D eigenvalue weighted by Crippen LogP contribution is 2.27. The lowest BCUT2D eigenvalue weighted by Gasteiger charge is -2.10. The molecular weight excluding hydrogens is 367 g/mol. The standard InChI is InChI=1S/C20H21FN2O3S/c1-12-7-13(2)9-16(8-12)11-27(24,25)15(4)20-22-19(23-26-20)17-6-5-14(3)18(21)10-17/h5-10,15H,11H2,1-4H3. The van der Waals surface area contributed by atoms with Crippen molar-refractivity contribution in [3.05, 3.63) is 70.4 Å². The van der Waals surface area contributed by atoms with Gasteiger partial charge in [-0.15, -0.1) is 0 Å². The first-order valence-corrected chi connectivity index (χ1v) is 10.3. The summed E-state index contributed by atoms with van der Waals surface area (Å²) in [6.45, 7) is 7.03. The minimum atomic E-state index is -3.55. The summed E-state index contributed by atoms with van der Waals surface area (Å²) < 4.78 is 44.5. The van der Waals surface area contributed by atoms with Gasteiger partial charge >= 0.3 is 0 Å². The molecule has 0 fully saturated rings. The van der Waals surface area contributed by atoms with Crippen molar-refractivity contribution in [2.45, 2.75) is 38.7 Å². The summed E-state index contributed by atoms with van der Waals surface area (Å²) in [5.41, 5.74) is 3.68. The fourth-order valence-corrected chi connectivity index (χ4v) is 4.20. The van der Waals surface area contributed by atoms with E-state index in [2.05, 4.69) is 10.1 Å². The van der Waals surface area contributed by atoms with Crippen molar-refractivity contribution < 1.29 is 17.3 Å². The third-order valence-electron chi connectivity index (χ3n) is 4.41. The van der Waals surface area contributed by atoms with Gasteiger partial charge in [-0.3, -0.25) is 0 Å². The molecule has 7 heteroatoms. The Morgan fingerprint density at radius 1 is 1.07 bits per heavy atom. The van der Waals surface area contributed by atoms with Crippen molar-refractivity contribution >= 4 is 9.84 Å². The van der Waals surface area contributed by atoms with Crippen LogP contribution in [0.15, 0.2) is 40.9 Å². The summed E-state index contributed by atoms with van der Waals surface area (Å²) in [5, 5.41) is 2.85. The lowest BCUT2D eigenvalue weighted by Crippen LogP contribution is -2.13. The Morgan fingerprint density at radius 2 is 1.74 bits per heavy atom. The molecule has 1 aromatic heterocycles. The molecule has 1 unspecified atom stereocenters. The van der Waals surface area contributed by atoms with Crippen LogP contribution < -0.4 is 0 Å². The van der Waals surface area contributed by atoms with Gasteiger partial charge in [-0.1, -0.05) is 46.6 Å². The molecule has 0 aliphatic rings. The SMILES string of the molecule is Cc1cc(C)cc(CS(=O)(=O)C(C)c2nc(-c3ccc(C)c(F)c3)no2)c1. The second kappa shape index (κ2) is 7.23. The van der Waals surface area contributed by atoms with Crippen LogP contribution in [0.5, 0.6) is 0 Å². The van der Waals surface area contributed by atoms with E-state index in [1.54, 1.807) is 19.1 Å². The number of rotatable bonds is 5. The van der Waals surface area contributed by atoms with E-state index in [9.17, 15) is 12.8 Å². The number of nitrogens with zero attached hydrogens (tertiary/aromatic N) is 2. The maximum absolute atomic E-state index is 13.7. The molecule has 0 radical (unpaired) electrons. The maximum atomic E-state index is 13.7. The van der Waals surface area contributed by atoms with Gasteiger partial charge in [0.25, 0.3) is 0 Å². The number of hydrogen-bond donors (Lipinski definition) is 0. The monoisotopic (exact) mass is 388 g/mol. The van der Waals surface area contributed by atoms with Gasteiger partial charge < -0.3 is 4.52 Å². The molecule has 0 aliphatic heterocycles. The average molecular weight is 388 g/mol. The average Bonchev–Trinajstić information content (AvgIpc) is 3.05. The van der Waals surface area contributed by atoms with Crippen LogP contribution in [0.1, 0.15) is 40.3 Å². The molecule has 1 atom stereocenters. The molecule has 0 spiro atoms. The minimum Gasteiger partial charge on any atom is -0.338 e. The van der Waals surface area contributed by atoms with Gasteiger partial charge in [-0.05, 0) is 44.9 Å². The molecule has 3 aromatic rings. The first-order valence-electron chi connectivity index (χ1n) is 8.54. The summed E-state index contributed by atoms with van der Waals surface area (Å²) in [7, 11) is -3.55. The number of sulfone groups is 1. The van der Waals surface area contributed by atoms with Crippen LogP contribution in [0.25, 0.3) is 11.4 Å². The normalized spacial score (nSPS) is 12.9. The number of halogens is 1. The fourth-order valence-electron chi connectivity index (χ4n) is 2.91. The van der Waals surface area contributed by atoms with E-state index in [1.807, 2.05) is 32.0 Å². The van der Waals surface area contributed by atoms with Crippen molar-refractivity contribution in [2.75, 3.05) is 0 Å². The minimum absolute atomic E-state index is 0.00430. The van der Waals surface area contributed by atoms with Gasteiger partial charge in [0, 0.05) is 5.56 Å². The number of aryl methyl sites for hydroxylation is 3. The van der Waals surface area contributed by atoms with Gasteiger partial charge in [0.05, 0.1) is 5.75 Å². The van der Waals surface area contributed by atoms with Crippen LogP contribution in [-0.4, -0.2) is 18.6 Å². The highest BCUT2D eigenvalue weighted by molar-refractivity contribution is 7.90. The lowest BCUT2D eigenvalue weighted by molar-refractivity contribution is 0.377. The van der Waals surface area contributed by atoms with E-state index in [0.29, 0.717) is 11.1 Å². The Labute approximate surface area is 158 Å². The zero-order valence-corrected chi connectivity index (χ0v) is 16.5. The van der Waals surface area contributed by atoms with E-state index >= 15 is 0 Å². The van der Waals surface area contributed by atoms with Gasteiger partial charge in [-0.2, -0.15) is 4.98 Å². The third-order valence-corrected chi connectivity index (χ3v) is 6.42. The second-order valence-electron chi connectivity index (χ2n) is 6.87. The molecule has 0 aliphatic carbocycles. The van der Waals surface area contributed by atoms with E-state index in [4.69, 9.17) is 4.52 Å². The van der Waals surface area contributed by atoms with Gasteiger partial charge in [0.15, 0.2) is 9.84 Å². The molecular formula is C20H21FN2O3S. The predicted molar refractivity (Wildman–Crippen MR) is 101 cm³/mol. The van der Waals surface area contributed by atoms with Gasteiger partial charge in [0.1, 0.15) is 11.1 Å². The lowest BCUT2D eigenvalue weighted by atomic mass is 10.1. The van der Waals surface area contributed by atoms with Gasteiger partial charge in [0.2, 0.25) is 11.7 Å². The topological polar surface area (TPSA) is 73.1 Å². The Kier molecular flexibility index (Phi) is 5.15. The molecule has 1 heterocycles. The van der Waals surface area contributed by atoms with Crippen molar-refractivity contribution in [1.82, 2.24) is 10.1 Å². The highest BCUT2D eigenvalue weighted by Gasteiger charge is 2.28. The van der Waals surface area contributed by atoms with E-state index in [1.165, 1.54) is 13.0 Å². The van der Waals surface area contributed by atoms with Crippen molar-refractivity contribution in [2.24, 2.45) is 0 Å². The van der Waals surface area contributed by atoms with Crippen LogP contribution in [0.3, 0.4) is 0 Å². The molecule has 0 saturated heterocycles. The number of hydrogen-bond acceptors (Lipinski definition) is 5. The molecule has 3 rings (SSSR count). The summed E-state index contributed by atoms with van der Waals surface area (Å²) >= 11 is 0. The quantitative estimate of drug-likeness (QED) is 0.644. The largest absolute Gasteiger partial charge is 0.338 e. The first-order chi connectivity index (χ1) is 12.7. The second-order valence-corrected chi connectivity index (χ2v) is 9.19. The maximum Gasteiger partial charge on any atom is 0.245 e.